The van der Waals surface area contributed by atoms with Crippen LogP contribution in [0, 0.1) is 0 Å². The zero-order valence-electron chi connectivity index (χ0n) is 8.08. The van der Waals surface area contributed by atoms with Crippen molar-refractivity contribution in [3.05, 3.63) is 29.0 Å². The van der Waals surface area contributed by atoms with E-state index in [-0.39, 0.29) is 36.0 Å². The maximum Gasteiger partial charge on any atom is 1.00 e. The van der Waals surface area contributed by atoms with Gasteiger partial charge in [-0.05, 0) is 18.2 Å². The van der Waals surface area contributed by atoms with Crippen molar-refractivity contribution in [2.45, 2.75) is 6.42 Å². The number of aromatic nitrogens is 2. The maximum absolute atomic E-state index is 10.3. The first-order chi connectivity index (χ1) is 6.65. The number of benzene rings is 1. The third kappa shape index (κ3) is 2.95. The quantitative estimate of drug-likeness (QED) is 0.583. The van der Waals surface area contributed by atoms with Crippen molar-refractivity contribution in [1.29, 1.82) is 0 Å². The van der Waals surface area contributed by atoms with Crippen LogP contribution in [0.5, 0.6) is 0 Å². The van der Waals surface area contributed by atoms with E-state index in [1.54, 1.807) is 18.2 Å². The molecule has 0 spiro atoms. The SMILES string of the molecule is O=C([O-])Cc1nc2ccc(Cl)cc2[nH]1.[Na+]. The van der Waals surface area contributed by atoms with Crippen LogP contribution in [0.15, 0.2) is 18.2 Å². The smallest absolute Gasteiger partial charge is 0.550 e. The molecule has 0 aliphatic rings. The Morgan fingerprint density at radius 1 is 1.53 bits per heavy atom. The molecule has 15 heavy (non-hydrogen) atoms. The number of aliphatic carboxylic acids is 1. The van der Waals surface area contributed by atoms with Crippen molar-refractivity contribution in [1.82, 2.24) is 9.97 Å². The van der Waals surface area contributed by atoms with E-state index < -0.39 is 5.97 Å². The summed E-state index contributed by atoms with van der Waals surface area (Å²) in [5, 5.41) is 10.9. The summed E-state index contributed by atoms with van der Waals surface area (Å²) in [5.41, 5.74) is 1.43. The van der Waals surface area contributed by atoms with E-state index in [1.807, 2.05) is 0 Å². The zero-order chi connectivity index (χ0) is 10.1. The van der Waals surface area contributed by atoms with E-state index in [1.165, 1.54) is 0 Å². The van der Waals surface area contributed by atoms with Gasteiger partial charge in [-0.25, -0.2) is 4.98 Å². The Kier molecular flexibility index (Phi) is 4.16. The minimum absolute atomic E-state index is 0. The average Bonchev–Trinajstić information content (AvgIpc) is 2.44. The number of fused-ring (bicyclic) bond motifs is 1. The summed E-state index contributed by atoms with van der Waals surface area (Å²) in [7, 11) is 0. The number of aromatic amines is 1. The number of nitrogens with one attached hydrogen (secondary N) is 1. The van der Waals surface area contributed by atoms with Crippen LogP contribution in [-0.4, -0.2) is 15.9 Å². The number of hydrogen-bond acceptors (Lipinski definition) is 3. The zero-order valence-corrected chi connectivity index (χ0v) is 10.8. The van der Waals surface area contributed by atoms with Gasteiger partial charge in [0, 0.05) is 17.4 Å². The van der Waals surface area contributed by atoms with Crippen LogP contribution < -0.4 is 34.7 Å². The molecule has 1 heterocycles. The Bertz CT molecular complexity index is 498. The standard InChI is InChI=1S/C9H7ClN2O2.Na/c10-5-1-2-6-7(3-5)12-8(11-6)4-9(13)14;/h1-3H,4H2,(H,11,12)(H,13,14);/q;+1/p-1. The number of H-pyrrole nitrogens is 1. The summed E-state index contributed by atoms with van der Waals surface area (Å²) in [5.74, 6) is -0.780. The molecule has 6 heteroatoms. The summed E-state index contributed by atoms with van der Waals surface area (Å²) in [6.45, 7) is 0. The molecule has 0 unspecified atom stereocenters. The topological polar surface area (TPSA) is 68.8 Å². The Balaban J connectivity index is 0.00000112. The molecule has 0 amide bonds. The third-order valence-corrected chi connectivity index (χ3v) is 2.04. The molecule has 1 aromatic carbocycles. The fraction of sp³-hybridized carbons (Fsp3) is 0.111. The third-order valence-electron chi connectivity index (χ3n) is 1.80. The predicted octanol–water partition coefficient (Wildman–Crippen LogP) is -2.49. The minimum atomic E-state index is -1.16. The molecule has 0 atom stereocenters. The molecule has 2 rings (SSSR count). The van der Waals surface area contributed by atoms with Crippen molar-refractivity contribution < 1.29 is 39.5 Å². The Morgan fingerprint density at radius 2 is 2.27 bits per heavy atom. The molecule has 0 radical (unpaired) electrons. The molecular weight excluding hydrogens is 227 g/mol. The van der Waals surface area contributed by atoms with Gasteiger partial charge in [-0.1, -0.05) is 11.6 Å². The van der Waals surface area contributed by atoms with Crippen molar-refractivity contribution >= 4 is 28.6 Å². The molecule has 1 aromatic heterocycles. The molecule has 4 nitrogen and oxygen atoms in total. The second-order valence-electron chi connectivity index (χ2n) is 2.89. The van der Waals surface area contributed by atoms with Gasteiger partial charge in [-0.3, -0.25) is 0 Å². The van der Waals surface area contributed by atoms with Crippen LogP contribution >= 0.6 is 11.6 Å². The van der Waals surface area contributed by atoms with Gasteiger partial charge in [-0.15, -0.1) is 0 Å². The van der Waals surface area contributed by atoms with Crippen LogP contribution in [0.3, 0.4) is 0 Å². The monoisotopic (exact) mass is 232 g/mol. The largest absolute Gasteiger partial charge is 1.00 e. The number of nitrogens with zero attached hydrogens (tertiary/aromatic N) is 1. The number of carboxylic acid groups (broad SMARTS) is 1. The number of rotatable bonds is 2. The number of hydrogen-bond donors (Lipinski definition) is 1. The fourth-order valence-corrected chi connectivity index (χ4v) is 1.43. The van der Waals surface area contributed by atoms with Crippen LogP contribution in [0.25, 0.3) is 11.0 Å². The summed E-state index contributed by atoms with van der Waals surface area (Å²) < 4.78 is 0. The summed E-state index contributed by atoms with van der Waals surface area (Å²) >= 11 is 5.76. The first-order valence-electron chi connectivity index (χ1n) is 3.99. The number of halogens is 1. The number of imidazole rings is 1. The van der Waals surface area contributed by atoms with Crippen molar-refractivity contribution in [3.8, 4) is 0 Å². The maximum atomic E-state index is 10.3. The van der Waals surface area contributed by atoms with E-state index in [0.717, 1.165) is 5.52 Å². The van der Waals surface area contributed by atoms with Crippen molar-refractivity contribution in [3.63, 3.8) is 0 Å². The van der Waals surface area contributed by atoms with Gasteiger partial charge in [0.05, 0.1) is 11.0 Å². The summed E-state index contributed by atoms with van der Waals surface area (Å²) in [6.07, 6.45) is -0.216. The van der Waals surface area contributed by atoms with Gasteiger partial charge >= 0.3 is 29.6 Å². The van der Waals surface area contributed by atoms with E-state index >= 15 is 0 Å². The Labute approximate surface area is 113 Å². The predicted molar refractivity (Wildman–Crippen MR) is 49.8 cm³/mol. The van der Waals surface area contributed by atoms with Crippen LogP contribution in [0.1, 0.15) is 5.82 Å². The number of carbonyl (C=O) groups is 1. The molecule has 0 aliphatic heterocycles. The molecule has 72 valence electrons. The van der Waals surface area contributed by atoms with Crippen LogP contribution in [-0.2, 0) is 11.2 Å². The van der Waals surface area contributed by atoms with Gasteiger partial charge in [0.15, 0.2) is 0 Å². The van der Waals surface area contributed by atoms with E-state index in [2.05, 4.69) is 9.97 Å². The molecule has 1 N–H and O–H groups in total. The first kappa shape index (κ1) is 12.5. The number of carboxylic acids is 1. The molecule has 0 saturated heterocycles. The molecule has 0 bridgehead atoms. The Hall–Kier alpha value is -0.550. The second kappa shape index (κ2) is 4.99. The normalized spacial score (nSPS) is 9.93. The van der Waals surface area contributed by atoms with Crippen LogP contribution in [0.4, 0.5) is 0 Å². The van der Waals surface area contributed by atoms with Gasteiger partial charge in [-0.2, -0.15) is 0 Å². The van der Waals surface area contributed by atoms with E-state index in [4.69, 9.17) is 11.6 Å². The van der Waals surface area contributed by atoms with Crippen molar-refractivity contribution in [2.75, 3.05) is 0 Å². The fourth-order valence-electron chi connectivity index (χ4n) is 1.26. The molecule has 2 aromatic rings. The number of carbonyl (C=O) groups excluding carboxylic acids is 1. The van der Waals surface area contributed by atoms with Gasteiger partial charge in [0.25, 0.3) is 0 Å². The van der Waals surface area contributed by atoms with E-state index in [0.29, 0.717) is 16.4 Å². The van der Waals surface area contributed by atoms with Gasteiger partial charge in [0.1, 0.15) is 5.82 Å². The molecule has 0 aliphatic carbocycles. The van der Waals surface area contributed by atoms with Gasteiger partial charge < -0.3 is 14.9 Å². The molecule has 0 saturated carbocycles. The van der Waals surface area contributed by atoms with Crippen molar-refractivity contribution in [2.24, 2.45) is 0 Å². The first-order valence-corrected chi connectivity index (χ1v) is 4.37. The van der Waals surface area contributed by atoms with E-state index in [9.17, 15) is 9.90 Å². The van der Waals surface area contributed by atoms with Gasteiger partial charge in [0.2, 0.25) is 0 Å². The molecule has 0 fully saturated rings. The average molecular weight is 233 g/mol. The summed E-state index contributed by atoms with van der Waals surface area (Å²) in [6, 6.07) is 5.13. The molecular formula is C9H6ClN2NaO2. The minimum Gasteiger partial charge on any atom is -0.550 e. The summed E-state index contributed by atoms with van der Waals surface area (Å²) in [4.78, 5) is 17.2. The Morgan fingerprint density at radius 3 is 2.93 bits per heavy atom. The second-order valence-corrected chi connectivity index (χ2v) is 3.33. The van der Waals surface area contributed by atoms with Crippen LogP contribution in [0.2, 0.25) is 5.02 Å².